The van der Waals surface area contributed by atoms with Gasteiger partial charge >= 0.3 is 5.97 Å². The van der Waals surface area contributed by atoms with Crippen LogP contribution < -0.4 is 0 Å². The average molecular weight is 291 g/mol. The summed E-state index contributed by atoms with van der Waals surface area (Å²) < 4.78 is 26.2. The minimum atomic E-state index is -1.05. The molecule has 0 heterocycles. The molecule has 0 bridgehead atoms. The van der Waals surface area contributed by atoms with Crippen LogP contribution in [0.4, 0.5) is 8.78 Å². The van der Waals surface area contributed by atoms with E-state index in [1.165, 1.54) is 6.07 Å². The van der Waals surface area contributed by atoms with Crippen molar-refractivity contribution in [1.82, 2.24) is 0 Å². The third kappa shape index (κ3) is 1.45. The fraction of sp³-hybridized carbons (Fsp3) is 0.364. The molecule has 16 heavy (non-hydrogen) atoms. The molecule has 0 saturated heterocycles. The smallest absolute Gasteiger partial charge is 0.314 e. The predicted octanol–water partition coefficient (Wildman–Crippen LogP) is 3.23. The Morgan fingerprint density at radius 3 is 2.44 bits per heavy atom. The van der Waals surface area contributed by atoms with Crippen molar-refractivity contribution in [2.75, 3.05) is 0 Å². The lowest BCUT2D eigenvalue weighted by Crippen LogP contribution is -2.42. The maximum atomic E-state index is 13.3. The van der Waals surface area contributed by atoms with E-state index in [-0.39, 0.29) is 4.47 Å². The minimum Gasteiger partial charge on any atom is -0.481 e. The molecule has 1 aromatic rings. The van der Waals surface area contributed by atoms with Crippen molar-refractivity contribution in [1.29, 1.82) is 0 Å². The van der Waals surface area contributed by atoms with Gasteiger partial charge in [0.1, 0.15) is 0 Å². The second-order valence-corrected chi connectivity index (χ2v) is 4.76. The van der Waals surface area contributed by atoms with Gasteiger partial charge in [0.05, 0.1) is 9.89 Å². The molecule has 0 aliphatic heterocycles. The van der Waals surface area contributed by atoms with Gasteiger partial charge in [0.2, 0.25) is 0 Å². The highest BCUT2D eigenvalue weighted by Crippen LogP contribution is 2.47. The third-order valence-electron chi connectivity index (χ3n) is 3.17. The highest BCUT2D eigenvalue weighted by Gasteiger charge is 2.47. The summed E-state index contributed by atoms with van der Waals surface area (Å²) in [5, 5.41) is 9.18. The second kappa shape index (κ2) is 3.80. The van der Waals surface area contributed by atoms with Gasteiger partial charge in [-0.3, -0.25) is 4.79 Å². The van der Waals surface area contributed by atoms with Crippen molar-refractivity contribution in [3.8, 4) is 0 Å². The van der Waals surface area contributed by atoms with Crippen molar-refractivity contribution >= 4 is 21.9 Å². The molecule has 2 rings (SSSR count). The SMILES string of the molecule is O=C(O)C1(c2ccc(F)c(F)c2Br)CCC1. The van der Waals surface area contributed by atoms with Crippen molar-refractivity contribution in [3.05, 3.63) is 33.8 Å². The first kappa shape index (κ1) is 11.5. The van der Waals surface area contributed by atoms with E-state index in [9.17, 15) is 18.7 Å². The molecule has 0 amide bonds. The van der Waals surface area contributed by atoms with Crippen molar-refractivity contribution < 1.29 is 18.7 Å². The molecule has 86 valence electrons. The largest absolute Gasteiger partial charge is 0.481 e. The Kier molecular flexibility index (Phi) is 2.74. The highest BCUT2D eigenvalue weighted by molar-refractivity contribution is 9.10. The molecular weight excluding hydrogens is 282 g/mol. The monoisotopic (exact) mass is 290 g/mol. The number of carbonyl (C=O) groups is 1. The summed E-state index contributed by atoms with van der Waals surface area (Å²) in [7, 11) is 0. The molecule has 0 radical (unpaired) electrons. The van der Waals surface area contributed by atoms with Gasteiger partial charge in [0, 0.05) is 0 Å². The molecule has 1 aliphatic rings. The summed E-state index contributed by atoms with van der Waals surface area (Å²) in [6.45, 7) is 0. The van der Waals surface area contributed by atoms with E-state index in [4.69, 9.17) is 0 Å². The van der Waals surface area contributed by atoms with E-state index in [2.05, 4.69) is 15.9 Å². The molecule has 1 N–H and O–H groups in total. The topological polar surface area (TPSA) is 37.3 Å². The van der Waals surface area contributed by atoms with Gasteiger partial charge in [0.15, 0.2) is 11.6 Å². The standard InChI is InChI=1S/C11H9BrF2O2/c12-8-6(2-3-7(13)9(8)14)11(10(15)16)4-1-5-11/h2-3H,1,4-5H2,(H,15,16). The molecule has 1 saturated carbocycles. The van der Waals surface area contributed by atoms with E-state index in [0.29, 0.717) is 18.4 Å². The number of rotatable bonds is 2. The summed E-state index contributed by atoms with van der Waals surface area (Å²) in [6.07, 6.45) is 1.72. The Labute approximate surface area is 99.4 Å². The fourth-order valence-corrected chi connectivity index (χ4v) is 2.73. The molecule has 0 spiro atoms. The quantitative estimate of drug-likeness (QED) is 0.849. The zero-order valence-corrected chi connectivity index (χ0v) is 9.85. The Morgan fingerprint density at radius 1 is 1.38 bits per heavy atom. The zero-order valence-electron chi connectivity index (χ0n) is 8.27. The van der Waals surface area contributed by atoms with Crippen LogP contribution >= 0.6 is 15.9 Å². The number of hydrogen-bond donors (Lipinski definition) is 1. The van der Waals surface area contributed by atoms with E-state index in [1.54, 1.807) is 0 Å². The van der Waals surface area contributed by atoms with Gasteiger partial charge < -0.3 is 5.11 Å². The highest BCUT2D eigenvalue weighted by atomic mass is 79.9. The lowest BCUT2D eigenvalue weighted by atomic mass is 9.64. The normalized spacial score (nSPS) is 17.9. The maximum absolute atomic E-state index is 13.3. The van der Waals surface area contributed by atoms with Gasteiger partial charge in [-0.05, 0) is 40.4 Å². The number of aliphatic carboxylic acids is 1. The molecule has 2 nitrogen and oxygen atoms in total. The molecule has 0 atom stereocenters. The molecule has 1 aliphatic carbocycles. The Bertz CT molecular complexity index is 456. The Hall–Kier alpha value is -0.970. The number of halogens is 3. The number of carboxylic acid groups (broad SMARTS) is 1. The predicted molar refractivity (Wildman–Crippen MR) is 57.2 cm³/mol. The van der Waals surface area contributed by atoms with Gasteiger partial charge in [0.25, 0.3) is 0 Å². The van der Waals surface area contributed by atoms with Gasteiger partial charge in [-0.25, -0.2) is 8.78 Å². The van der Waals surface area contributed by atoms with Crippen molar-refractivity contribution in [2.45, 2.75) is 24.7 Å². The molecular formula is C11H9BrF2O2. The molecule has 0 aromatic heterocycles. The zero-order chi connectivity index (χ0) is 11.9. The summed E-state index contributed by atoms with van der Waals surface area (Å²) in [5.41, 5.74) is -0.724. The molecule has 5 heteroatoms. The summed E-state index contributed by atoms with van der Waals surface area (Å²) >= 11 is 2.93. The lowest BCUT2D eigenvalue weighted by molar-refractivity contribution is -0.147. The molecule has 0 unspecified atom stereocenters. The fourth-order valence-electron chi connectivity index (χ4n) is 2.02. The van der Waals surface area contributed by atoms with Crippen molar-refractivity contribution in [3.63, 3.8) is 0 Å². The molecule has 1 aromatic carbocycles. The van der Waals surface area contributed by atoms with Crippen molar-refractivity contribution in [2.24, 2.45) is 0 Å². The van der Waals surface area contributed by atoms with Gasteiger partial charge in [-0.1, -0.05) is 12.5 Å². The average Bonchev–Trinajstić information content (AvgIpc) is 2.16. The lowest BCUT2D eigenvalue weighted by Gasteiger charge is -2.38. The Morgan fingerprint density at radius 2 is 2.00 bits per heavy atom. The minimum absolute atomic E-state index is 0.0744. The van der Waals surface area contributed by atoms with Crippen LogP contribution in [-0.4, -0.2) is 11.1 Å². The number of carboxylic acids is 1. The van der Waals surface area contributed by atoms with Crippen LogP contribution in [0.5, 0.6) is 0 Å². The number of hydrogen-bond acceptors (Lipinski definition) is 1. The van der Waals surface area contributed by atoms with Gasteiger partial charge in [-0.2, -0.15) is 0 Å². The van der Waals surface area contributed by atoms with E-state index >= 15 is 0 Å². The molecule has 1 fully saturated rings. The van der Waals surface area contributed by atoms with E-state index in [1.807, 2.05) is 0 Å². The van der Waals surface area contributed by atoms with Crippen LogP contribution in [0.3, 0.4) is 0 Å². The van der Waals surface area contributed by atoms with Crippen LogP contribution in [0.2, 0.25) is 0 Å². The summed E-state index contributed by atoms with van der Waals surface area (Å²) in [6, 6.07) is 2.31. The number of benzene rings is 1. The summed E-state index contributed by atoms with van der Waals surface area (Å²) in [5.74, 6) is -2.98. The van der Waals surface area contributed by atoms with Crippen LogP contribution in [-0.2, 0) is 10.2 Å². The first-order valence-corrected chi connectivity index (χ1v) is 5.66. The van der Waals surface area contributed by atoms with E-state index < -0.39 is 23.0 Å². The first-order valence-electron chi connectivity index (χ1n) is 4.86. The van der Waals surface area contributed by atoms with Crippen LogP contribution in [0.25, 0.3) is 0 Å². The van der Waals surface area contributed by atoms with Crippen LogP contribution in [0.1, 0.15) is 24.8 Å². The Balaban J connectivity index is 2.56. The first-order chi connectivity index (χ1) is 7.49. The second-order valence-electron chi connectivity index (χ2n) is 3.96. The van der Waals surface area contributed by atoms with Gasteiger partial charge in [-0.15, -0.1) is 0 Å². The van der Waals surface area contributed by atoms with Crippen LogP contribution in [0.15, 0.2) is 16.6 Å². The van der Waals surface area contributed by atoms with Crippen LogP contribution in [0, 0.1) is 11.6 Å². The maximum Gasteiger partial charge on any atom is 0.314 e. The third-order valence-corrected chi connectivity index (χ3v) is 3.94. The van der Waals surface area contributed by atoms with E-state index in [0.717, 1.165) is 12.5 Å². The summed E-state index contributed by atoms with van der Waals surface area (Å²) in [4.78, 5) is 11.2.